The number of carbonyl (C=O) groups excluding carboxylic acids is 1. The molecule has 0 saturated heterocycles. The van der Waals surface area contributed by atoms with Crippen LogP contribution in [0.4, 0.5) is 5.13 Å². The van der Waals surface area contributed by atoms with Gasteiger partial charge >= 0.3 is 0 Å². The molecule has 4 rings (SSSR count). The van der Waals surface area contributed by atoms with Gasteiger partial charge in [0, 0.05) is 16.8 Å². The Morgan fingerprint density at radius 3 is 2.58 bits per heavy atom. The standard InChI is InChI=1S/C25H24ClN3O3S/c1-4-31-20-10-9-17(13-21(20)32-5-2)24(30)29(15-19-8-6-7-11-27-19)25-28-23-16(3)12-18(26)14-22(23)33-25/h6-14H,4-5,15H2,1-3H3. The molecule has 0 radical (unpaired) electrons. The summed E-state index contributed by atoms with van der Waals surface area (Å²) in [6.45, 7) is 7.02. The van der Waals surface area contributed by atoms with E-state index in [0.717, 1.165) is 21.5 Å². The Balaban J connectivity index is 1.77. The van der Waals surface area contributed by atoms with Crippen LogP contribution in [0.25, 0.3) is 10.2 Å². The van der Waals surface area contributed by atoms with E-state index in [1.54, 1.807) is 29.3 Å². The fourth-order valence-electron chi connectivity index (χ4n) is 3.48. The molecule has 0 atom stereocenters. The molecule has 0 saturated carbocycles. The van der Waals surface area contributed by atoms with Crippen molar-refractivity contribution in [2.75, 3.05) is 18.1 Å². The molecular weight excluding hydrogens is 458 g/mol. The number of hydrogen-bond acceptors (Lipinski definition) is 6. The minimum Gasteiger partial charge on any atom is -0.490 e. The fourth-order valence-corrected chi connectivity index (χ4v) is 4.90. The third-order valence-corrected chi connectivity index (χ3v) is 6.20. The predicted molar refractivity (Wildman–Crippen MR) is 133 cm³/mol. The van der Waals surface area contributed by atoms with Crippen LogP contribution in [0.2, 0.25) is 5.02 Å². The zero-order valence-corrected chi connectivity index (χ0v) is 20.2. The first-order chi connectivity index (χ1) is 16.0. The number of pyridine rings is 1. The number of amides is 1. The lowest BCUT2D eigenvalue weighted by molar-refractivity contribution is 0.0984. The van der Waals surface area contributed by atoms with Crippen LogP contribution in [0.5, 0.6) is 11.5 Å². The Labute approximate surface area is 201 Å². The Hall–Kier alpha value is -3.16. The summed E-state index contributed by atoms with van der Waals surface area (Å²) in [6.07, 6.45) is 1.71. The molecular formula is C25H24ClN3O3S. The van der Waals surface area contributed by atoms with E-state index in [1.807, 2.05) is 51.1 Å². The minimum absolute atomic E-state index is 0.201. The van der Waals surface area contributed by atoms with Gasteiger partial charge in [0.2, 0.25) is 0 Å². The van der Waals surface area contributed by atoms with Gasteiger partial charge in [-0.25, -0.2) is 4.98 Å². The molecule has 8 heteroatoms. The lowest BCUT2D eigenvalue weighted by Crippen LogP contribution is -2.30. The van der Waals surface area contributed by atoms with Crippen molar-refractivity contribution in [1.82, 2.24) is 9.97 Å². The molecule has 2 heterocycles. The summed E-state index contributed by atoms with van der Waals surface area (Å²) in [5.41, 5.74) is 3.03. The van der Waals surface area contributed by atoms with Gasteiger partial charge in [-0.15, -0.1) is 0 Å². The van der Waals surface area contributed by atoms with Gasteiger partial charge in [-0.05, 0) is 68.8 Å². The molecule has 1 amide bonds. The zero-order valence-electron chi connectivity index (χ0n) is 18.7. The molecule has 2 aromatic carbocycles. The second kappa shape index (κ2) is 10.2. The number of benzene rings is 2. The minimum atomic E-state index is -0.201. The van der Waals surface area contributed by atoms with Gasteiger partial charge < -0.3 is 9.47 Å². The molecule has 0 bridgehead atoms. The maximum Gasteiger partial charge on any atom is 0.260 e. The first kappa shape index (κ1) is 23.0. The second-order valence-electron chi connectivity index (χ2n) is 7.31. The summed E-state index contributed by atoms with van der Waals surface area (Å²) in [4.78, 5) is 24.6. The Kier molecular flexibility index (Phi) is 7.11. The zero-order chi connectivity index (χ0) is 23.4. The van der Waals surface area contributed by atoms with Crippen LogP contribution >= 0.6 is 22.9 Å². The number of rotatable bonds is 8. The van der Waals surface area contributed by atoms with Gasteiger partial charge in [-0.2, -0.15) is 0 Å². The highest BCUT2D eigenvalue weighted by Gasteiger charge is 2.24. The lowest BCUT2D eigenvalue weighted by Gasteiger charge is -2.20. The van der Waals surface area contributed by atoms with E-state index in [9.17, 15) is 4.79 Å². The number of aryl methyl sites for hydroxylation is 1. The highest BCUT2D eigenvalue weighted by molar-refractivity contribution is 7.22. The number of hydrogen-bond donors (Lipinski definition) is 0. The van der Waals surface area contributed by atoms with Gasteiger partial charge in [0.1, 0.15) is 0 Å². The number of carbonyl (C=O) groups is 1. The summed E-state index contributed by atoms with van der Waals surface area (Å²) < 4.78 is 12.3. The second-order valence-corrected chi connectivity index (χ2v) is 8.75. The Bertz CT molecular complexity index is 1280. The fraction of sp³-hybridized carbons (Fsp3) is 0.240. The third kappa shape index (κ3) is 5.10. The maximum absolute atomic E-state index is 13.7. The van der Waals surface area contributed by atoms with E-state index in [-0.39, 0.29) is 12.5 Å². The van der Waals surface area contributed by atoms with Crippen molar-refractivity contribution >= 4 is 44.2 Å². The van der Waals surface area contributed by atoms with Crippen molar-refractivity contribution in [3.63, 3.8) is 0 Å². The molecule has 2 aromatic heterocycles. The largest absolute Gasteiger partial charge is 0.490 e. The van der Waals surface area contributed by atoms with Crippen molar-refractivity contribution < 1.29 is 14.3 Å². The summed E-state index contributed by atoms with van der Waals surface area (Å²) in [5.74, 6) is 0.944. The van der Waals surface area contributed by atoms with E-state index in [0.29, 0.717) is 40.4 Å². The van der Waals surface area contributed by atoms with Gasteiger partial charge in [0.25, 0.3) is 5.91 Å². The predicted octanol–water partition coefficient (Wildman–Crippen LogP) is 6.30. The number of aromatic nitrogens is 2. The highest BCUT2D eigenvalue weighted by atomic mass is 35.5. The highest BCUT2D eigenvalue weighted by Crippen LogP contribution is 2.35. The van der Waals surface area contributed by atoms with Crippen LogP contribution in [-0.2, 0) is 6.54 Å². The van der Waals surface area contributed by atoms with Crippen LogP contribution in [0, 0.1) is 6.92 Å². The van der Waals surface area contributed by atoms with Crippen molar-refractivity contribution in [3.8, 4) is 11.5 Å². The SMILES string of the molecule is CCOc1ccc(C(=O)N(Cc2ccccn2)c2nc3c(C)cc(Cl)cc3s2)cc1OCC. The van der Waals surface area contributed by atoms with Gasteiger partial charge in [-0.1, -0.05) is 29.0 Å². The number of fused-ring (bicyclic) bond motifs is 1. The van der Waals surface area contributed by atoms with E-state index in [4.69, 9.17) is 26.1 Å². The van der Waals surface area contributed by atoms with E-state index in [1.165, 1.54) is 11.3 Å². The van der Waals surface area contributed by atoms with Gasteiger partial charge in [0.15, 0.2) is 16.6 Å². The van der Waals surface area contributed by atoms with Crippen LogP contribution in [0.3, 0.4) is 0 Å². The molecule has 0 aliphatic heterocycles. The number of halogens is 1. The maximum atomic E-state index is 13.7. The molecule has 0 spiro atoms. The van der Waals surface area contributed by atoms with Crippen molar-refractivity contribution in [3.05, 3.63) is 76.6 Å². The summed E-state index contributed by atoms with van der Waals surface area (Å²) >= 11 is 7.68. The van der Waals surface area contributed by atoms with Gasteiger partial charge in [-0.3, -0.25) is 14.7 Å². The summed E-state index contributed by atoms with van der Waals surface area (Å²) in [6, 6.07) is 14.6. The number of nitrogens with zero attached hydrogens (tertiary/aromatic N) is 3. The quantitative estimate of drug-likeness (QED) is 0.295. The average molecular weight is 482 g/mol. The first-order valence-corrected chi connectivity index (χ1v) is 11.9. The molecule has 0 aliphatic rings. The third-order valence-electron chi connectivity index (χ3n) is 4.95. The number of thiazole rings is 1. The van der Waals surface area contributed by atoms with Crippen LogP contribution in [-0.4, -0.2) is 29.1 Å². The van der Waals surface area contributed by atoms with E-state index < -0.39 is 0 Å². The first-order valence-electron chi connectivity index (χ1n) is 10.7. The molecule has 33 heavy (non-hydrogen) atoms. The van der Waals surface area contributed by atoms with E-state index in [2.05, 4.69) is 4.98 Å². The molecule has 0 unspecified atom stereocenters. The van der Waals surface area contributed by atoms with Crippen LogP contribution in [0.1, 0.15) is 35.5 Å². The Morgan fingerprint density at radius 2 is 1.85 bits per heavy atom. The molecule has 170 valence electrons. The monoisotopic (exact) mass is 481 g/mol. The number of anilines is 1. The van der Waals surface area contributed by atoms with E-state index >= 15 is 0 Å². The molecule has 6 nitrogen and oxygen atoms in total. The van der Waals surface area contributed by atoms with Crippen LogP contribution in [0.15, 0.2) is 54.7 Å². The van der Waals surface area contributed by atoms with Crippen molar-refractivity contribution in [2.24, 2.45) is 0 Å². The smallest absolute Gasteiger partial charge is 0.260 e. The summed E-state index contributed by atoms with van der Waals surface area (Å²) in [7, 11) is 0. The molecule has 0 aliphatic carbocycles. The molecule has 0 fully saturated rings. The summed E-state index contributed by atoms with van der Waals surface area (Å²) in [5, 5.41) is 1.23. The average Bonchev–Trinajstić information content (AvgIpc) is 3.23. The van der Waals surface area contributed by atoms with Crippen LogP contribution < -0.4 is 14.4 Å². The normalized spacial score (nSPS) is 10.9. The number of ether oxygens (including phenoxy) is 2. The van der Waals surface area contributed by atoms with Crippen molar-refractivity contribution in [2.45, 2.75) is 27.3 Å². The Morgan fingerprint density at radius 1 is 1.06 bits per heavy atom. The lowest BCUT2D eigenvalue weighted by atomic mass is 10.1. The van der Waals surface area contributed by atoms with Gasteiger partial charge in [0.05, 0.1) is 35.7 Å². The molecule has 4 aromatic rings. The van der Waals surface area contributed by atoms with Crippen molar-refractivity contribution in [1.29, 1.82) is 0 Å². The molecule has 0 N–H and O–H groups in total. The topological polar surface area (TPSA) is 64.5 Å².